The number of hydrogen-bond donors (Lipinski definition) is 1. The van der Waals surface area contributed by atoms with Gasteiger partial charge in [0.2, 0.25) is 0 Å². The van der Waals surface area contributed by atoms with Gasteiger partial charge in [-0.15, -0.1) is 0 Å². The molecule has 0 aliphatic heterocycles. The maximum Gasteiger partial charge on any atom is 0.410 e. The third-order valence-electron chi connectivity index (χ3n) is 2.02. The van der Waals surface area contributed by atoms with Crippen molar-refractivity contribution in [2.24, 2.45) is 5.73 Å². The fraction of sp³-hybridized carbons (Fsp3) is 0.100. The van der Waals surface area contributed by atoms with Gasteiger partial charge in [0.25, 0.3) is 0 Å². The number of hydrogen-bond acceptors (Lipinski definition) is 2. The van der Waals surface area contributed by atoms with Gasteiger partial charge in [-0.1, -0.05) is 6.07 Å². The second-order valence-electron chi connectivity index (χ2n) is 3.06. The molecule has 14 heavy (non-hydrogen) atoms. The minimum absolute atomic E-state index is 0.526. The molecule has 4 nitrogen and oxygen atoms in total. The van der Waals surface area contributed by atoms with Gasteiger partial charge in [-0.25, -0.2) is 4.79 Å². The number of pyridine rings is 1. The van der Waals surface area contributed by atoms with Crippen LogP contribution in [0.3, 0.4) is 0 Å². The van der Waals surface area contributed by atoms with E-state index >= 15 is 0 Å². The zero-order valence-electron chi connectivity index (χ0n) is 7.73. The summed E-state index contributed by atoms with van der Waals surface area (Å²) in [5.41, 5.74) is 6.69. The summed E-state index contributed by atoms with van der Waals surface area (Å²) in [6.45, 7) is 1.87. The molecule has 2 heterocycles. The molecule has 1 amide bonds. The first-order chi connectivity index (χ1) is 6.68. The first-order valence-electron chi connectivity index (χ1n) is 4.22. The highest BCUT2D eigenvalue weighted by Gasteiger charge is 2.09. The van der Waals surface area contributed by atoms with Gasteiger partial charge in [0, 0.05) is 18.0 Å². The van der Waals surface area contributed by atoms with Gasteiger partial charge in [0.1, 0.15) is 0 Å². The summed E-state index contributed by atoms with van der Waals surface area (Å²) in [7, 11) is 0. The Hall–Kier alpha value is -1.97. The van der Waals surface area contributed by atoms with Crippen molar-refractivity contribution >= 4 is 11.6 Å². The van der Waals surface area contributed by atoms with Gasteiger partial charge in [-0.3, -0.25) is 0 Å². The topological polar surface area (TPSA) is 56.7 Å². The Morgan fingerprint density at radius 1 is 1.50 bits per heavy atom. The van der Waals surface area contributed by atoms with Gasteiger partial charge in [-0.05, 0) is 19.1 Å². The smallest absolute Gasteiger partial charge is 0.408 e. The predicted octanol–water partition coefficient (Wildman–Crippen LogP) is 1.71. The summed E-state index contributed by atoms with van der Waals surface area (Å²) in [5.74, 6) is 0.526. The van der Waals surface area contributed by atoms with Crippen LogP contribution in [0.15, 0.2) is 30.6 Å². The van der Waals surface area contributed by atoms with E-state index in [9.17, 15) is 4.79 Å². The van der Waals surface area contributed by atoms with Crippen molar-refractivity contribution < 1.29 is 9.53 Å². The lowest BCUT2D eigenvalue weighted by Gasteiger charge is -1.99. The first-order valence-corrected chi connectivity index (χ1v) is 4.22. The average molecular weight is 190 g/mol. The van der Waals surface area contributed by atoms with E-state index in [0.29, 0.717) is 5.75 Å². The second-order valence-corrected chi connectivity index (χ2v) is 3.06. The summed E-state index contributed by atoms with van der Waals surface area (Å²) < 4.78 is 6.80. The predicted molar refractivity (Wildman–Crippen MR) is 52.3 cm³/mol. The lowest BCUT2D eigenvalue weighted by molar-refractivity contribution is 0.211. The van der Waals surface area contributed by atoms with Crippen LogP contribution >= 0.6 is 0 Å². The van der Waals surface area contributed by atoms with E-state index in [4.69, 9.17) is 10.5 Å². The molecule has 0 spiro atoms. The number of ether oxygens (including phenoxy) is 1. The molecule has 0 bridgehead atoms. The lowest BCUT2D eigenvalue weighted by atomic mass is 10.3. The number of aromatic nitrogens is 1. The van der Waals surface area contributed by atoms with Crippen LogP contribution in [0.25, 0.3) is 5.52 Å². The Bertz CT molecular complexity index is 488. The molecule has 2 rings (SSSR count). The molecule has 0 aromatic carbocycles. The van der Waals surface area contributed by atoms with Crippen LogP contribution in [0.4, 0.5) is 4.79 Å². The van der Waals surface area contributed by atoms with Crippen LogP contribution in [0, 0.1) is 6.92 Å². The number of nitrogens with two attached hydrogens (primary N) is 1. The lowest BCUT2D eigenvalue weighted by Crippen LogP contribution is -2.16. The number of nitrogens with zero attached hydrogens (tertiary/aromatic N) is 1. The number of carbonyl (C=O) groups excluding carboxylic acids is 1. The average Bonchev–Trinajstić information content (AvgIpc) is 2.43. The molecular weight excluding hydrogens is 180 g/mol. The summed E-state index contributed by atoms with van der Waals surface area (Å²) in [5, 5.41) is 0. The van der Waals surface area contributed by atoms with Crippen molar-refractivity contribution in [1.29, 1.82) is 0 Å². The summed E-state index contributed by atoms with van der Waals surface area (Å²) in [4.78, 5) is 10.7. The third kappa shape index (κ3) is 1.31. The monoisotopic (exact) mass is 190 g/mol. The Balaban J connectivity index is 2.62. The van der Waals surface area contributed by atoms with E-state index < -0.39 is 6.09 Å². The SMILES string of the molecule is Cc1cn2ccccc2c1OC(N)=O. The molecule has 0 atom stereocenters. The van der Waals surface area contributed by atoms with E-state index in [-0.39, 0.29) is 0 Å². The fourth-order valence-corrected chi connectivity index (χ4v) is 1.46. The van der Waals surface area contributed by atoms with Crippen LogP contribution in [0.1, 0.15) is 5.56 Å². The first kappa shape index (κ1) is 8.62. The van der Waals surface area contributed by atoms with Gasteiger partial charge < -0.3 is 14.9 Å². The van der Waals surface area contributed by atoms with E-state index in [1.807, 2.05) is 41.9 Å². The summed E-state index contributed by atoms with van der Waals surface area (Å²) in [6.07, 6.45) is 2.98. The quantitative estimate of drug-likeness (QED) is 0.744. The zero-order chi connectivity index (χ0) is 10.1. The molecule has 2 aromatic rings. The number of carbonyl (C=O) groups is 1. The number of fused-ring (bicyclic) bond motifs is 1. The summed E-state index contributed by atoms with van der Waals surface area (Å²) in [6, 6.07) is 5.65. The number of primary amides is 1. The fourth-order valence-electron chi connectivity index (χ4n) is 1.46. The van der Waals surface area contributed by atoms with Crippen molar-refractivity contribution in [1.82, 2.24) is 4.40 Å². The molecule has 0 saturated heterocycles. The molecule has 0 radical (unpaired) electrons. The minimum Gasteiger partial charge on any atom is -0.408 e. The molecule has 2 aromatic heterocycles. The molecule has 0 unspecified atom stereocenters. The highest BCUT2D eigenvalue weighted by atomic mass is 16.5. The van der Waals surface area contributed by atoms with Gasteiger partial charge in [0.05, 0.1) is 5.52 Å². The molecule has 4 heteroatoms. The normalized spacial score (nSPS) is 10.4. The Morgan fingerprint density at radius 2 is 2.29 bits per heavy atom. The zero-order valence-corrected chi connectivity index (χ0v) is 7.73. The molecule has 0 aliphatic carbocycles. The van der Waals surface area contributed by atoms with Crippen molar-refractivity contribution in [3.05, 3.63) is 36.2 Å². The molecule has 2 N–H and O–H groups in total. The van der Waals surface area contributed by atoms with Crippen molar-refractivity contribution in [2.75, 3.05) is 0 Å². The van der Waals surface area contributed by atoms with Crippen LogP contribution in [0.2, 0.25) is 0 Å². The molecule has 72 valence electrons. The van der Waals surface area contributed by atoms with Gasteiger partial charge in [-0.2, -0.15) is 0 Å². The van der Waals surface area contributed by atoms with Crippen molar-refractivity contribution in [2.45, 2.75) is 6.92 Å². The van der Waals surface area contributed by atoms with Crippen LogP contribution < -0.4 is 10.5 Å². The molecular formula is C10H10N2O2. The van der Waals surface area contributed by atoms with E-state index in [2.05, 4.69) is 0 Å². The molecule has 0 saturated carbocycles. The van der Waals surface area contributed by atoms with Crippen LogP contribution in [0.5, 0.6) is 5.75 Å². The number of aryl methyl sites for hydroxylation is 1. The largest absolute Gasteiger partial charge is 0.410 e. The number of rotatable bonds is 1. The van der Waals surface area contributed by atoms with Crippen molar-refractivity contribution in [3.63, 3.8) is 0 Å². The highest BCUT2D eigenvalue weighted by molar-refractivity contribution is 5.74. The molecule has 0 fully saturated rings. The Labute approximate surface area is 80.9 Å². The standard InChI is InChI=1S/C10H10N2O2/c1-7-6-12-5-3-2-4-8(12)9(7)14-10(11)13/h2-6H,1H3,(H2,11,13). The van der Waals surface area contributed by atoms with E-state index in [1.165, 1.54) is 0 Å². The van der Waals surface area contributed by atoms with Crippen LogP contribution in [-0.4, -0.2) is 10.5 Å². The molecule has 0 aliphatic rings. The Kier molecular flexibility index (Phi) is 1.89. The van der Waals surface area contributed by atoms with Gasteiger partial charge in [0.15, 0.2) is 5.75 Å². The third-order valence-corrected chi connectivity index (χ3v) is 2.02. The van der Waals surface area contributed by atoms with E-state index in [0.717, 1.165) is 11.1 Å². The van der Waals surface area contributed by atoms with Gasteiger partial charge >= 0.3 is 6.09 Å². The number of amides is 1. The summed E-state index contributed by atoms with van der Waals surface area (Å²) >= 11 is 0. The second kappa shape index (κ2) is 3.06. The van der Waals surface area contributed by atoms with Crippen molar-refractivity contribution in [3.8, 4) is 5.75 Å². The maximum atomic E-state index is 10.7. The van der Waals surface area contributed by atoms with Crippen LogP contribution in [-0.2, 0) is 0 Å². The van der Waals surface area contributed by atoms with E-state index in [1.54, 1.807) is 0 Å². The maximum absolute atomic E-state index is 10.7. The Morgan fingerprint density at radius 3 is 3.00 bits per heavy atom. The highest BCUT2D eigenvalue weighted by Crippen LogP contribution is 2.25. The minimum atomic E-state index is -0.787.